The zero-order chi connectivity index (χ0) is 34.9. The Morgan fingerprint density at radius 3 is 1.68 bits per heavy atom. The summed E-state index contributed by atoms with van der Waals surface area (Å²) in [5.74, 6) is 1.16. The summed E-state index contributed by atoms with van der Waals surface area (Å²) in [5.41, 5.74) is 16.7. The van der Waals surface area contributed by atoms with Crippen molar-refractivity contribution in [3.8, 4) is 22.5 Å². The number of imide groups is 1. The van der Waals surface area contributed by atoms with Gasteiger partial charge >= 0.3 is 0 Å². The molecule has 1 saturated heterocycles. The third-order valence-corrected chi connectivity index (χ3v) is 9.77. The number of carbonyl (C=O) groups excluding carboxylic acids is 3. The average Bonchev–Trinajstić information content (AvgIpc) is 3.46. The predicted octanol–water partition coefficient (Wildman–Crippen LogP) is 5.79. The number of nitrogens with zero attached hydrogens (tertiary/aromatic N) is 4. The zero-order valence-electron chi connectivity index (χ0n) is 27.6. The van der Waals surface area contributed by atoms with Gasteiger partial charge < -0.3 is 22.1 Å². The van der Waals surface area contributed by atoms with E-state index in [0.29, 0.717) is 34.6 Å². The van der Waals surface area contributed by atoms with Gasteiger partial charge in [0.2, 0.25) is 0 Å². The van der Waals surface area contributed by atoms with Gasteiger partial charge in [0.1, 0.15) is 17.9 Å². The van der Waals surface area contributed by atoms with E-state index < -0.39 is 0 Å². The molecule has 1 aliphatic heterocycles. The minimum atomic E-state index is -0.362. The molecule has 12 nitrogen and oxygen atoms in total. The van der Waals surface area contributed by atoms with E-state index in [9.17, 15) is 14.4 Å². The molecule has 0 bridgehead atoms. The lowest BCUT2D eigenvalue weighted by atomic mass is 9.92. The Balaban J connectivity index is 0.000000178. The molecule has 4 aromatic rings. The van der Waals surface area contributed by atoms with Crippen LogP contribution in [0.15, 0.2) is 78.2 Å². The van der Waals surface area contributed by atoms with Gasteiger partial charge in [0.25, 0.3) is 11.1 Å². The van der Waals surface area contributed by atoms with Crippen LogP contribution in [-0.2, 0) is 4.79 Å². The Morgan fingerprint density at radius 1 is 0.700 bits per heavy atom. The van der Waals surface area contributed by atoms with Crippen molar-refractivity contribution in [1.29, 1.82) is 0 Å². The summed E-state index contributed by atoms with van der Waals surface area (Å²) in [4.78, 5) is 52.2. The van der Waals surface area contributed by atoms with Gasteiger partial charge in [-0.05, 0) is 86.9 Å². The van der Waals surface area contributed by atoms with Crippen LogP contribution in [0, 0.1) is 0 Å². The SMILES string of the molecule is NC1CCC(Nc2cncc(-c3cccc(/C=C4/SC(=O)NC4=O)c3)n2)CC1.NC1CCC(Nc2cncc(-c3cccc(C=O)c3)n2)CC1. The number of nitrogens with one attached hydrogen (secondary N) is 3. The molecular formula is C37H41N9O3S. The Morgan fingerprint density at radius 2 is 1.20 bits per heavy atom. The summed E-state index contributed by atoms with van der Waals surface area (Å²) in [6.07, 6.45) is 17.8. The highest BCUT2D eigenvalue weighted by Gasteiger charge is 2.25. The normalized spacial score (nSPS) is 22.6. The van der Waals surface area contributed by atoms with Gasteiger partial charge in [0.15, 0.2) is 0 Å². The maximum atomic E-state index is 11.7. The van der Waals surface area contributed by atoms with Gasteiger partial charge in [-0.15, -0.1) is 0 Å². The van der Waals surface area contributed by atoms with Gasteiger partial charge in [0, 0.05) is 40.9 Å². The lowest BCUT2D eigenvalue weighted by molar-refractivity contribution is -0.115. The molecule has 3 heterocycles. The van der Waals surface area contributed by atoms with E-state index in [2.05, 4.69) is 30.9 Å². The summed E-state index contributed by atoms with van der Waals surface area (Å²) in [5, 5.41) is 8.82. The highest BCUT2D eigenvalue weighted by atomic mass is 32.2. The fourth-order valence-corrected chi connectivity index (χ4v) is 6.91. The summed E-state index contributed by atoms with van der Waals surface area (Å²) in [6.45, 7) is 0. The van der Waals surface area contributed by atoms with Crippen molar-refractivity contribution >= 4 is 46.9 Å². The second-order valence-electron chi connectivity index (χ2n) is 12.8. The number of carbonyl (C=O) groups is 3. The van der Waals surface area contributed by atoms with E-state index in [1.54, 1.807) is 36.9 Å². The summed E-state index contributed by atoms with van der Waals surface area (Å²) < 4.78 is 0. The van der Waals surface area contributed by atoms with Crippen molar-refractivity contribution in [3.63, 3.8) is 0 Å². The summed E-state index contributed by atoms with van der Waals surface area (Å²) in [6, 6.07) is 16.5. The molecule has 2 aromatic heterocycles. The number of anilines is 2. The van der Waals surface area contributed by atoms with Crippen molar-refractivity contribution < 1.29 is 14.4 Å². The van der Waals surface area contributed by atoms with Crippen molar-refractivity contribution in [1.82, 2.24) is 25.3 Å². The Bertz CT molecular complexity index is 1850. The van der Waals surface area contributed by atoms with Gasteiger partial charge in [-0.2, -0.15) is 0 Å². The van der Waals surface area contributed by atoms with Crippen LogP contribution in [0.1, 0.15) is 67.3 Å². The predicted molar refractivity (Wildman–Crippen MR) is 197 cm³/mol. The first kappa shape index (κ1) is 34.9. The number of nitrogens with two attached hydrogens (primary N) is 2. The van der Waals surface area contributed by atoms with Crippen LogP contribution in [0.25, 0.3) is 28.6 Å². The Hall–Kier alpha value is -4.98. The second kappa shape index (κ2) is 16.6. The standard InChI is InChI=1S/C20H21N5O2S.C17H20N4O/c21-14-4-6-15(7-5-14)23-18-11-22-10-16(24-18)13-3-1-2-12(8-13)9-17-19(26)25-20(27)28-17;18-14-4-6-15(7-5-14)20-17-10-19-9-16(21-17)13-3-1-2-12(8-13)11-22/h1-3,8-11,14-15H,4-7,21H2,(H,23,24)(H,25,26,27);1-3,8-11,14-15H,4-7,18H2,(H,20,21)/b17-9+;. The van der Waals surface area contributed by atoms with Gasteiger partial charge in [-0.1, -0.05) is 36.4 Å². The molecule has 258 valence electrons. The Kier molecular flexibility index (Phi) is 11.6. The maximum Gasteiger partial charge on any atom is 0.290 e. The number of aldehydes is 1. The molecule has 0 unspecified atom stereocenters. The van der Waals surface area contributed by atoms with E-state index in [0.717, 1.165) is 109 Å². The van der Waals surface area contributed by atoms with Crippen LogP contribution in [0.5, 0.6) is 0 Å². The summed E-state index contributed by atoms with van der Waals surface area (Å²) >= 11 is 0.907. The smallest absolute Gasteiger partial charge is 0.290 e. The fraction of sp³-hybridized carbons (Fsp3) is 0.324. The van der Waals surface area contributed by atoms with Crippen molar-refractivity contribution in [2.24, 2.45) is 11.5 Å². The van der Waals surface area contributed by atoms with Crippen LogP contribution in [0.3, 0.4) is 0 Å². The first-order valence-corrected chi connectivity index (χ1v) is 17.7. The second-order valence-corrected chi connectivity index (χ2v) is 13.8. The third-order valence-electron chi connectivity index (χ3n) is 8.96. The van der Waals surface area contributed by atoms with Crippen LogP contribution in [0.2, 0.25) is 0 Å². The molecule has 3 fully saturated rings. The van der Waals surface area contributed by atoms with Crippen molar-refractivity contribution in [3.05, 3.63) is 89.4 Å². The average molecular weight is 692 g/mol. The zero-order valence-corrected chi connectivity index (χ0v) is 28.4. The topological polar surface area (TPSA) is 191 Å². The third kappa shape index (κ3) is 9.59. The molecule has 50 heavy (non-hydrogen) atoms. The number of amides is 2. The minimum Gasteiger partial charge on any atom is -0.366 e. The molecule has 0 spiro atoms. The first-order valence-electron chi connectivity index (χ1n) is 16.9. The summed E-state index contributed by atoms with van der Waals surface area (Å²) in [7, 11) is 0. The Labute approximate surface area is 295 Å². The number of hydrogen-bond donors (Lipinski definition) is 5. The van der Waals surface area contributed by atoms with Crippen LogP contribution < -0.4 is 27.4 Å². The number of aromatic nitrogens is 4. The number of thioether (sulfide) groups is 1. The molecule has 2 aromatic carbocycles. The van der Waals surface area contributed by atoms with E-state index in [1.807, 2.05) is 42.5 Å². The largest absolute Gasteiger partial charge is 0.366 e. The highest BCUT2D eigenvalue weighted by molar-refractivity contribution is 8.18. The molecule has 3 aliphatic rings. The van der Waals surface area contributed by atoms with Gasteiger partial charge in [-0.25, -0.2) is 9.97 Å². The number of benzene rings is 2. The quantitative estimate of drug-likeness (QED) is 0.111. The fourth-order valence-electron chi connectivity index (χ4n) is 6.23. The molecule has 2 aliphatic carbocycles. The molecule has 2 amide bonds. The molecular weight excluding hydrogens is 651 g/mol. The van der Waals surface area contributed by atoms with Crippen LogP contribution in [-0.4, -0.2) is 61.5 Å². The molecule has 0 atom stereocenters. The molecule has 2 saturated carbocycles. The lowest BCUT2D eigenvalue weighted by Crippen LogP contribution is -2.33. The van der Waals surface area contributed by atoms with Gasteiger partial charge in [-0.3, -0.25) is 29.7 Å². The molecule has 13 heteroatoms. The van der Waals surface area contributed by atoms with E-state index in [4.69, 9.17) is 16.5 Å². The van der Waals surface area contributed by atoms with Crippen LogP contribution >= 0.6 is 11.8 Å². The monoisotopic (exact) mass is 691 g/mol. The van der Waals surface area contributed by atoms with E-state index in [-0.39, 0.29) is 11.1 Å². The van der Waals surface area contributed by atoms with E-state index in [1.165, 1.54) is 0 Å². The molecule has 7 N–H and O–H groups in total. The molecule has 7 rings (SSSR count). The lowest BCUT2D eigenvalue weighted by Gasteiger charge is -2.27. The van der Waals surface area contributed by atoms with Crippen molar-refractivity contribution in [2.45, 2.75) is 75.5 Å². The van der Waals surface area contributed by atoms with Crippen LogP contribution in [0.4, 0.5) is 16.4 Å². The number of rotatable bonds is 8. The highest BCUT2D eigenvalue weighted by Crippen LogP contribution is 2.28. The number of hydrogen-bond acceptors (Lipinski definition) is 12. The first-order chi connectivity index (χ1) is 24.3. The van der Waals surface area contributed by atoms with Crippen molar-refractivity contribution in [2.75, 3.05) is 10.6 Å². The maximum absolute atomic E-state index is 11.7. The minimum absolute atomic E-state index is 0.308. The van der Waals surface area contributed by atoms with E-state index >= 15 is 0 Å². The van der Waals surface area contributed by atoms with Gasteiger partial charge in [0.05, 0.1) is 41.1 Å². The molecule has 0 radical (unpaired) electrons.